The largest absolute Gasteiger partial charge is 0.195 e. The zero-order chi connectivity index (χ0) is 71.2. The van der Waals surface area contributed by atoms with Gasteiger partial charge in [0.1, 0.15) is 32.3 Å². The van der Waals surface area contributed by atoms with Crippen molar-refractivity contribution in [3.8, 4) is 45.9 Å². The van der Waals surface area contributed by atoms with Gasteiger partial charge in [0.05, 0.1) is 0 Å². The van der Waals surface area contributed by atoms with Crippen molar-refractivity contribution < 1.29 is 8.78 Å². The molecule has 0 atom stereocenters. The van der Waals surface area contributed by atoms with E-state index >= 15 is 0 Å². The van der Waals surface area contributed by atoms with E-state index in [9.17, 15) is 8.78 Å². The molecule has 0 aliphatic heterocycles. The van der Waals surface area contributed by atoms with E-state index in [2.05, 4.69) is 296 Å². The quantitative estimate of drug-likeness (QED) is 0.0650. The fourth-order valence-corrected chi connectivity index (χ4v) is 43.8. The summed E-state index contributed by atoms with van der Waals surface area (Å²) in [4.78, 5) is 0. The van der Waals surface area contributed by atoms with Crippen LogP contribution in [0.4, 0.5) is 8.78 Å². The van der Waals surface area contributed by atoms with Crippen LogP contribution >= 0.6 is 45.3 Å². The predicted molar refractivity (Wildman–Crippen MR) is 451 cm³/mol. The molecule has 0 aliphatic carbocycles. The zero-order valence-corrected chi connectivity index (χ0v) is 70.0. The topological polar surface area (TPSA) is 0 Å². The average molecular weight is 1440 g/mol. The molecule has 0 radical (unpaired) electrons. The van der Waals surface area contributed by atoms with Crippen molar-refractivity contribution in [3.05, 3.63) is 140 Å². The Bertz CT molecular complexity index is 4940. The van der Waals surface area contributed by atoms with Crippen molar-refractivity contribution in [2.75, 3.05) is 0 Å². The number of rotatable bonds is 12. The Morgan fingerprint density at radius 1 is 0.255 bits per heavy atom. The molecule has 8 aromatic carbocycles. The maximum atomic E-state index is 15.0. The van der Waals surface area contributed by atoms with Crippen LogP contribution in [0.15, 0.2) is 108 Å². The number of hydrogen-bond donors (Lipinski definition) is 0. The summed E-state index contributed by atoms with van der Waals surface area (Å²) in [7, 11) is -8.00. The Morgan fingerprint density at radius 3 is 0.694 bits per heavy atom. The predicted octanol–water partition coefficient (Wildman–Crippen LogP) is 29.7. The minimum Gasteiger partial charge on any atom is -0.195 e. The van der Waals surface area contributed by atoms with Gasteiger partial charge >= 0.3 is 0 Å². The first-order chi connectivity index (χ1) is 46.3. The van der Waals surface area contributed by atoms with Gasteiger partial charge in [-0.1, -0.05) is 238 Å². The highest BCUT2D eigenvalue weighted by Crippen LogP contribution is 2.49. The van der Waals surface area contributed by atoms with Crippen molar-refractivity contribution in [2.45, 2.75) is 233 Å². The molecule has 0 amide bonds. The van der Waals surface area contributed by atoms with Crippen molar-refractivity contribution >= 4 is 183 Å². The van der Waals surface area contributed by atoms with Gasteiger partial charge in [0.25, 0.3) is 0 Å². The minimum absolute atomic E-state index is 0.189. The Labute approximate surface area is 605 Å². The van der Waals surface area contributed by atoms with Gasteiger partial charge in [-0.15, -0.1) is 67.5 Å². The molecule has 0 spiro atoms. The van der Waals surface area contributed by atoms with Gasteiger partial charge in [0.15, 0.2) is 10.3 Å². The molecule has 0 saturated heterocycles. The number of thiophene rings is 4. The van der Waals surface area contributed by atoms with E-state index in [1.165, 1.54) is 86.3 Å². The van der Waals surface area contributed by atoms with Crippen LogP contribution in [-0.2, 0) is 0 Å². The minimum atomic E-state index is -2.07. The molecular weight excluding hydrogens is 1340 g/mol. The van der Waals surface area contributed by atoms with E-state index in [4.69, 9.17) is 0 Å². The van der Waals surface area contributed by atoms with Gasteiger partial charge in [0, 0.05) is 62.6 Å². The second kappa shape index (κ2) is 28.2. The van der Waals surface area contributed by atoms with E-state index in [0.717, 1.165) is 63.6 Å². The van der Waals surface area contributed by atoms with Crippen molar-refractivity contribution in [3.63, 3.8) is 0 Å². The third kappa shape index (κ3) is 12.2. The zero-order valence-electron chi connectivity index (χ0n) is 62.7. The van der Waals surface area contributed by atoms with Crippen molar-refractivity contribution in [1.82, 2.24) is 0 Å². The molecule has 0 bridgehead atoms. The van der Waals surface area contributed by atoms with Gasteiger partial charge in [-0.05, 0) is 190 Å². The lowest BCUT2D eigenvalue weighted by Gasteiger charge is -2.38. The Kier molecular flexibility index (Phi) is 21.1. The van der Waals surface area contributed by atoms with E-state index in [0.29, 0.717) is 66.5 Å². The Morgan fingerprint density at radius 2 is 0.469 bits per heavy atom. The maximum absolute atomic E-state index is 15.0. The lowest BCUT2D eigenvalue weighted by molar-refractivity contribution is 0.658. The highest BCUT2D eigenvalue weighted by atomic mass is 32.1. The molecule has 0 fully saturated rings. The summed E-state index contributed by atoms with van der Waals surface area (Å²) < 4.78 is 34.5. The van der Waals surface area contributed by atoms with Crippen LogP contribution in [0.1, 0.15) is 188 Å². The number of benzene rings is 8. The summed E-state index contributed by atoms with van der Waals surface area (Å²) >= 11 is 6.11. The molecular formula is C88H102F2S4Si4. The number of hydrogen-bond acceptors (Lipinski definition) is 4. The number of fused-ring (bicyclic) bond motifs is 18. The monoisotopic (exact) mass is 1440 g/mol. The van der Waals surface area contributed by atoms with Gasteiger partial charge in [0.2, 0.25) is 0 Å². The van der Waals surface area contributed by atoms with Gasteiger partial charge < -0.3 is 0 Å². The normalized spacial score (nSPS) is 13.0. The summed E-state index contributed by atoms with van der Waals surface area (Å²) in [5.41, 5.74) is 26.9. The summed E-state index contributed by atoms with van der Waals surface area (Å²) in [6, 6.07) is 34.9. The summed E-state index contributed by atoms with van der Waals surface area (Å²) in [5, 5.41) is 22.7. The summed E-state index contributed by atoms with van der Waals surface area (Å²) in [5.74, 6) is 15.4. The molecule has 98 heavy (non-hydrogen) atoms. The molecule has 0 unspecified atom stereocenters. The molecule has 0 aliphatic rings. The van der Waals surface area contributed by atoms with Gasteiger partial charge in [-0.3, -0.25) is 0 Å². The fraction of sp³-hybridized carbons (Fsp3) is 0.409. The van der Waals surface area contributed by atoms with E-state index < -0.39 is 32.3 Å². The smallest absolute Gasteiger partial charge is 0.177 e. The van der Waals surface area contributed by atoms with Crippen LogP contribution in [-0.4, -0.2) is 32.3 Å². The molecule has 0 N–H and O–H groups in total. The maximum Gasteiger partial charge on any atom is 0.177 e. The SMILES string of the molecule is CC(C)[Si](C#Cc1cc2c(cc(C#C[Si](C(C)C)(C(C)C)C(C)C)c3c2ccc2cc(F)sc23)c2ccc3cc(F)sc3c12)(C(C)C)C(C)C.CC(C)[Si](C#Cc1cc2c(cc(C#C[Si](C(C)C)(C(C)C)C(C)C)c3c2ccc2ccsc23)c2ccc3ccsc3c12)(C(C)C)C(C)C. The average Bonchev–Trinajstić information content (AvgIpc) is 1.23. The molecule has 0 nitrogen and oxygen atoms in total. The first-order valence-electron chi connectivity index (χ1n) is 36.2. The second-order valence-electron chi connectivity index (χ2n) is 32.0. The summed E-state index contributed by atoms with van der Waals surface area (Å²) in [6.45, 7) is 57.0. The molecule has 12 rings (SSSR count). The van der Waals surface area contributed by atoms with E-state index in [1.54, 1.807) is 12.1 Å². The van der Waals surface area contributed by atoms with Crippen LogP contribution in [0.3, 0.4) is 0 Å². The van der Waals surface area contributed by atoms with E-state index in [-0.39, 0.29) is 10.3 Å². The lowest BCUT2D eigenvalue weighted by atomic mass is 9.90. The fourth-order valence-electron chi connectivity index (χ4n) is 19.1. The third-order valence-electron chi connectivity index (χ3n) is 23.6. The molecule has 508 valence electrons. The molecule has 4 heterocycles. The van der Waals surface area contributed by atoms with Crippen molar-refractivity contribution in [2.24, 2.45) is 0 Å². The second-order valence-corrected chi connectivity index (χ2v) is 58.2. The molecule has 0 saturated carbocycles. The van der Waals surface area contributed by atoms with Crippen LogP contribution < -0.4 is 0 Å². The van der Waals surface area contributed by atoms with Crippen LogP contribution in [0.25, 0.3) is 105 Å². The molecule has 10 heteroatoms. The van der Waals surface area contributed by atoms with E-state index in [1.807, 2.05) is 34.8 Å². The standard InChI is InChI=1S/C44H50F2S2Si2.C44H52S2Si2/c1-25(2)49(26(3)4,27(5)6)19-17-31-21-37-36-16-14-34-24-40(46)48-44(34)42(36)32(18-20-50(28(7)8,29(9)10)30(11)12)22-38(37)35-15-13-33-23-39(45)47-43(33)41(31)35;1-27(2)47(28(3)4,29(5)6)23-19-35-25-39-38-16-14-34-18-22-46-44(34)42(38)36(20-24-48(30(7)8,31(9)10)32(11)12)26-40(39)37-15-13-33-17-21-45-43(33)41(35)37/h13-16,21-30H,1-12H3;13-18,21-22,25-32H,1-12H3. The lowest BCUT2D eigenvalue weighted by Crippen LogP contribution is -2.43. The van der Waals surface area contributed by atoms with Crippen LogP contribution in [0, 0.1) is 56.1 Å². The highest BCUT2D eigenvalue weighted by molar-refractivity contribution is 7.19. The van der Waals surface area contributed by atoms with Crippen LogP contribution in [0.2, 0.25) is 66.5 Å². The molecule has 12 aromatic rings. The van der Waals surface area contributed by atoms with Crippen molar-refractivity contribution in [1.29, 1.82) is 0 Å². The third-order valence-corrected chi connectivity index (χ3v) is 52.6. The van der Waals surface area contributed by atoms with Gasteiger partial charge in [-0.25, -0.2) is 0 Å². The first kappa shape index (κ1) is 73.4. The van der Waals surface area contributed by atoms with Crippen LogP contribution in [0.5, 0.6) is 0 Å². The first-order valence-corrected chi connectivity index (χ1v) is 48.6. The Hall–Kier alpha value is -5.87. The van der Waals surface area contributed by atoms with Gasteiger partial charge in [-0.2, -0.15) is 8.78 Å². The number of halogens is 2. The highest BCUT2D eigenvalue weighted by Gasteiger charge is 2.45. The molecule has 4 aromatic heterocycles. The Balaban J connectivity index is 0.000000199. The summed E-state index contributed by atoms with van der Waals surface area (Å²) in [6.07, 6.45) is 0.